The average molecular weight is 245 g/mol. The van der Waals surface area contributed by atoms with Gasteiger partial charge in [-0.3, -0.25) is 10.3 Å². The van der Waals surface area contributed by atoms with Crippen molar-refractivity contribution in [1.29, 1.82) is 0 Å². The average Bonchev–Trinajstić information content (AvgIpc) is 2.03. The Morgan fingerprint density at radius 1 is 1.54 bits per heavy atom. The first-order chi connectivity index (χ1) is 6.06. The zero-order valence-corrected chi connectivity index (χ0v) is 8.87. The zero-order chi connectivity index (χ0) is 10.0. The number of hydrogen-bond acceptors (Lipinski definition) is 4. The molecule has 0 saturated carbocycles. The van der Waals surface area contributed by atoms with Crippen LogP contribution in [0.4, 0.5) is 11.4 Å². The standard InChI is InChI=1S/C8H9BrN2O2/c1-5-3-6(9)8(11(2)13)4-7(5)10-12/h3-4,13H,1-2H3. The normalized spacial score (nSPS) is 9.85. The number of nitrogens with zero attached hydrogens (tertiary/aromatic N) is 2. The molecule has 4 nitrogen and oxygen atoms in total. The fraction of sp³-hybridized carbons (Fsp3) is 0.250. The number of halogens is 1. The van der Waals surface area contributed by atoms with Crippen LogP contribution in [0.15, 0.2) is 21.8 Å². The fourth-order valence-corrected chi connectivity index (χ4v) is 1.71. The third-order valence-corrected chi connectivity index (χ3v) is 2.35. The lowest BCUT2D eigenvalue weighted by Crippen LogP contribution is -2.10. The van der Waals surface area contributed by atoms with E-state index >= 15 is 0 Å². The summed E-state index contributed by atoms with van der Waals surface area (Å²) in [5, 5.41) is 12.9. The molecule has 0 aromatic heterocycles. The lowest BCUT2D eigenvalue weighted by atomic mass is 10.2. The van der Waals surface area contributed by atoms with Crippen LogP contribution in [0, 0.1) is 11.8 Å². The van der Waals surface area contributed by atoms with Gasteiger partial charge < -0.3 is 0 Å². The van der Waals surface area contributed by atoms with Gasteiger partial charge in [-0.15, -0.1) is 4.91 Å². The number of hydroxylamine groups is 1. The van der Waals surface area contributed by atoms with Crippen LogP contribution in [0.1, 0.15) is 5.56 Å². The molecule has 0 aliphatic rings. The van der Waals surface area contributed by atoms with E-state index in [2.05, 4.69) is 21.1 Å². The van der Waals surface area contributed by atoms with Gasteiger partial charge in [-0.25, -0.2) is 0 Å². The van der Waals surface area contributed by atoms with E-state index in [0.29, 0.717) is 11.4 Å². The van der Waals surface area contributed by atoms with E-state index in [-0.39, 0.29) is 0 Å². The first kappa shape index (κ1) is 10.1. The molecule has 1 aromatic carbocycles. The molecule has 0 atom stereocenters. The summed E-state index contributed by atoms with van der Waals surface area (Å²) in [5.74, 6) is 0. The summed E-state index contributed by atoms with van der Waals surface area (Å²) in [6.45, 7) is 1.78. The van der Waals surface area contributed by atoms with Gasteiger partial charge >= 0.3 is 0 Å². The minimum atomic E-state index is 0.333. The van der Waals surface area contributed by atoms with E-state index in [1.165, 1.54) is 13.1 Å². The SMILES string of the molecule is Cc1cc(Br)c(N(C)O)cc1N=O. The van der Waals surface area contributed by atoms with Crippen molar-refractivity contribution >= 4 is 27.3 Å². The number of nitroso groups, excluding NO2 is 1. The minimum absolute atomic E-state index is 0.333. The summed E-state index contributed by atoms with van der Waals surface area (Å²) in [6, 6.07) is 3.26. The third-order valence-electron chi connectivity index (χ3n) is 1.71. The summed E-state index contributed by atoms with van der Waals surface area (Å²) in [7, 11) is 1.48. The van der Waals surface area contributed by atoms with Crippen molar-refractivity contribution in [2.24, 2.45) is 5.18 Å². The largest absolute Gasteiger partial charge is 0.289 e. The number of rotatable bonds is 2. The van der Waals surface area contributed by atoms with Crippen molar-refractivity contribution in [1.82, 2.24) is 0 Å². The highest BCUT2D eigenvalue weighted by Crippen LogP contribution is 2.32. The van der Waals surface area contributed by atoms with Crippen molar-refractivity contribution in [3.63, 3.8) is 0 Å². The van der Waals surface area contributed by atoms with Crippen LogP contribution in [-0.4, -0.2) is 12.3 Å². The summed E-state index contributed by atoms with van der Waals surface area (Å²) in [6.07, 6.45) is 0. The smallest absolute Gasteiger partial charge is 0.113 e. The second kappa shape index (κ2) is 3.85. The Balaban J connectivity index is 3.30. The summed E-state index contributed by atoms with van der Waals surface area (Å²) in [4.78, 5) is 10.3. The molecule has 1 aromatic rings. The maximum Gasteiger partial charge on any atom is 0.113 e. The van der Waals surface area contributed by atoms with Gasteiger partial charge in [-0.05, 0) is 45.7 Å². The molecule has 0 heterocycles. The lowest BCUT2D eigenvalue weighted by Gasteiger charge is -2.13. The van der Waals surface area contributed by atoms with Gasteiger partial charge in [-0.1, -0.05) is 0 Å². The lowest BCUT2D eigenvalue weighted by molar-refractivity contribution is 0.279. The molecule has 5 heteroatoms. The molecule has 0 saturated heterocycles. The van der Waals surface area contributed by atoms with Crippen LogP contribution < -0.4 is 5.06 Å². The Morgan fingerprint density at radius 3 is 2.62 bits per heavy atom. The molecular formula is C8H9BrN2O2. The van der Waals surface area contributed by atoms with Gasteiger partial charge in [-0.2, -0.15) is 0 Å². The fourth-order valence-electron chi connectivity index (χ4n) is 0.997. The Labute approximate surface area is 84.2 Å². The highest BCUT2D eigenvalue weighted by molar-refractivity contribution is 9.10. The maximum absolute atomic E-state index is 10.3. The number of anilines is 1. The number of benzene rings is 1. The van der Waals surface area contributed by atoms with E-state index in [1.807, 2.05) is 0 Å². The summed E-state index contributed by atoms with van der Waals surface area (Å²) in [5.41, 5.74) is 1.62. The van der Waals surface area contributed by atoms with Gasteiger partial charge in [0.05, 0.1) is 5.69 Å². The molecule has 0 amide bonds. The van der Waals surface area contributed by atoms with Crippen LogP contribution in [-0.2, 0) is 0 Å². The Hall–Kier alpha value is -0.940. The zero-order valence-electron chi connectivity index (χ0n) is 7.28. The molecule has 0 aliphatic heterocycles. The summed E-state index contributed by atoms with van der Waals surface area (Å²) < 4.78 is 0.724. The topological polar surface area (TPSA) is 52.9 Å². The van der Waals surface area contributed by atoms with Gasteiger partial charge in [0.15, 0.2) is 0 Å². The second-order valence-electron chi connectivity index (χ2n) is 2.71. The molecule has 13 heavy (non-hydrogen) atoms. The third kappa shape index (κ3) is 2.05. The van der Waals surface area contributed by atoms with Crippen molar-refractivity contribution in [3.8, 4) is 0 Å². The van der Waals surface area contributed by atoms with E-state index in [1.54, 1.807) is 13.0 Å². The van der Waals surface area contributed by atoms with Gasteiger partial charge in [0.2, 0.25) is 0 Å². The number of aryl methyl sites for hydroxylation is 1. The first-order valence-corrected chi connectivity index (χ1v) is 4.41. The first-order valence-electron chi connectivity index (χ1n) is 3.62. The van der Waals surface area contributed by atoms with Crippen LogP contribution in [0.2, 0.25) is 0 Å². The second-order valence-corrected chi connectivity index (χ2v) is 3.56. The molecule has 1 N–H and O–H groups in total. The monoisotopic (exact) mass is 244 g/mol. The molecule has 70 valence electrons. The predicted molar refractivity (Wildman–Crippen MR) is 54.5 cm³/mol. The highest BCUT2D eigenvalue weighted by Gasteiger charge is 2.08. The van der Waals surface area contributed by atoms with Crippen LogP contribution in [0.3, 0.4) is 0 Å². The quantitative estimate of drug-likeness (QED) is 0.643. The molecule has 0 unspecified atom stereocenters. The molecule has 0 aliphatic carbocycles. The van der Waals surface area contributed by atoms with E-state index in [9.17, 15) is 10.1 Å². The van der Waals surface area contributed by atoms with Crippen molar-refractivity contribution in [2.45, 2.75) is 6.92 Å². The summed E-state index contributed by atoms with van der Waals surface area (Å²) >= 11 is 3.27. The van der Waals surface area contributed by atoms with Gasteiger partial charge in [0.1, 0.15) is 5.69 Å². The molecule has 0 radical (unpaired) electrons. The van der Waals surface area contributed by atoms with Crippen LogP contribution >= 0.6 is 15.9 Å². The number of hydrogen-bond donors (Lipinski definition) is 1. The molecule has 0 bridgehead atoms. The molecule has 0 spiro atoms. The molecular weight excluding hydrogens is 236 g/mol. The van der Waals surface area contributed by atoms with Gasteiger partial charge in [0.25, 0.3) is 0 Å². The molecule has 1 rings (SSSR count). The molecule has 0 fully saturated rings. The Bertz CT molecular complexity index is 339. The highest BCUT2D eigenvalue weighted by atomic mass is 79.9. The van der Waals surface area contributed by atoms with Crippen molar-refractivity contribution in [2.75, 3.05) is 12.1 Å². The van der Waals surface area contributed by atoms with Crippen molar-refractivity contribution in [3.05, 3.63) is 27.1 Å². The van der Waals surface area contributed by atoms with Gasteiger partial charge in [0, 0.05) is 11.5 Å². The van der Waals surface area contributed by atoms with Crippen LogP contribution in [0.25, 0.3) is 0 Å². The predicted octanol–water partition coefficient (Wildman–Crippen LogP) is 2.98. The Kier molecular flexibility index (Phi) is 3.00. The van der Waals surface area contributed by atoms with E-state index in [0.717, 1.165) is 15.1 Å². The van der Waals surface area contributed by atoms with E-state index in [4.69, 9.17) is 0 Å². The Morgan fingerprint density at radius 2 is 2.15 bits per heavy atom. The van der Waals surface area contributed by atoms with Crippen molar-refractivity contribution < 1.29 is 5.21 Å². The van der Waals surface area contributed by atoms with Crippen LogP contribution in [0.5, 0.6) is 0 Å². The maximum atomic E-state index is 10.3. The van der Waals surface area contributed by atoms with E-state index < -0.39 is 0 Å². The minimum Gasteiger partial charge on any atom is -0.289 e.